The number of carbonyl (C=O) groups excluding carboxylic acids is 2. The predicted molar refractivity (Wildman–Crippen MR) is 59.4 cm³/mol. The minimum Gasteiger partial charge on any atom is -0.447 e. The monoisotopic (exact) mass is 256 g/mol. The zero-order valence-corrected chi connectivity index (χ0v) is 9.68. The van der Waals surface area contributed by atoms with Crippen LogP contribution >= 0.6 is 11.6 Å². The van der Waals surface area contributed by atoms with Crippen LogP contribution in [0.25, 0.3) is 0 Å². The summed E-state index contributed by atoms with van der Waals surface area (Å²) in [7, 11) is 0. The van der Waals surface area contributed by atoms with Crippen LogP contribution in [-0.2, 0) is 4.74 Å². The molecule has 0 unspecified atom stereocenters. The number of halogens is 1. The quantitative estimate of drug-likeness (QED) is 0.759. The van der Waals surface area contributed by atoms with Crippen LogP contribution in [0.5, 0.6) is 5.75 Å². The molecule has 1 aromatic carbocycles. The van der Waals surface area contributed by atoms with Crippen molar-refractivity contribution in [3.63, 3.8) is 0 Å². The summed E-state index contributed by atoms with van der Waals surface area (Å²) >= 11 is 5.64. The lowest BCUT2D eigenvalue weighted by molar-refractivity contribution is 0.160. The summed E-state index contributed by atoms with van der Waals surface area (Å²) < 4.78 is 9.17. The maximum absolute atomic E-state index is 11.1. The first-order chi connectivity index (χ1) is 8.11. The van der Waals surface area contributed by atoms with Crippen LogP contribution in [0.4, 0.5) is 9.59 Å². The fourth-order valence-electron chi connectivity index (χ4n) is 0.858. The molecule has 0 fully saturated rings. The Morgan fingerprint density at radius 2 is 1.76 bits per heavy atom. The molecule has 90 valence electrons. The Morgan fingerprint density at radius 3 is 2.35 bits per heavy atom. The first kappa shape index (κ1) is 13.1. The third-order valence-electron chi connectivity index (χ3n) is 1.50. The molecule has 0 heterocycles. The van der Waals surface area contributed by atoms with E-state index in [4.69, 9.17) is 16.3 Å². The van der Waals surface area contributed by atoms with Gasteiger partial charge in [-0.25, -0.2) is 9.59 Å². The van der Waals surface area contributed by atoms with E-state index in [1.165, 1.54) is 12.1 Å². The van der Waals surface area contributed by atoms with Crippen LogP contribution in [-0.4, -0.2) is 18.8 Å². The van der Waals surface area contributed by atoms with Crippen molar-refractivity contribution in [2.45, 2.75) is 6.92 Å². The second-order valence-corrected chi connectivity index (χ2v) is 3.16. The van der Waals surface area contributed by atoms with Crippen LogP contribution in [0, 0.1) is 0 Å². The van der Waals surface area contributed by atoms with E-state index in [-0.39, 0.29) is 12.4 Å². The number of azo groups is 1. The van der Waals surface area contributed by atoms with E-state index in [1.807, 2.05) is 0 Å². The van der Waals surface area contributed by atoms with Gasteiger partial charge in [-0.2, -0.15) is 0 Å². The lowest BCUT2D eigenvalue weighted by Crippen LogP contribution is -2.03. The van der Waals surface area contributed by atoms with E-state index in [1.54, 1.807) is 19.1 Å². The largest absolute Gasteiger partial charge is 0.458 e. The molecule has 17 heavy (non-hydrogen) atoms. The normalized spacial score (nSPS) is 10.2. The molecule has 0 spiro atoms. The molecule has 0 saturated heterocycles. The standard InChI is InChI=1S/C10H9ClN2O4/c1-2-16-9(14)12-13-10(15)17-8-5-3-7(11)4-6-8/h3-6H,2H2,1H3/b13-12+. The Hall–Kier alpha value is -1.95. The SMILES string of the molecule is CCOC(=O)/N=N/C(=O)Oc1ccc(Cl)cc1. The van der Waals surface area contributed by atoms with Gasteiger partial charge in [0.25, 0.3) is 0 Å². The van der Waals surface area contributed by atoms with Crippen molar-refractivity contribution < 1.29 is 19.1 Å². The molecule has 0 N–H and O–H groups in total. The topological polar surface area (TPSA) is 77.3 Å². The Bertz CT molecular complexity index is 430. The van der Waals surface area contributed by atoms with E-state index in [0.29, 0.717) is 5.02 Å². The molecule has 1 rings (SSSR count). The average Bonchev–Trinajstić information content (AvgIpc) is 2.30. The van der Waals surface area contributed by atoms with Gasteiger partial charge in [-0.3, -0.25) is 0 Å². The maximum Gasteiger partial charge on any atom is 0.458 e. The molecule has 0 atom stereocenters. The average molecular weight is 257 g/mol. The molecule has 0 aromatic heterocycles. The number of nitrogens with zero attached hydrogens (tertiary/aromatic N) is 2. The Kier molecular flexibility index (Phi) is 5.09. The fourth-order valence-corrected chi connectivity index (χ4v) is 0.984. The zero-order valence-electron chi connectivity index (χ0n) is 8.92. The number of carbonyl (C=O) groups is 2. The summed E-state index contributed by atoms with van der Waals surface area (Å²) in [6, 6.07) is 6.07. The van der Waals surface area contributed by atoms with E-state index in [2.05, 4.69) is 15.0 Å². The number of ether oxygens (including phenoxy) is 2. The fraction of sp³-hybridized carbons (Fsp3) is 0.200. The molecular weight excluding hydrogens is 248 g/mol. The molecule has 0 aliphatic carbocycles. The van der Waals surface area contributed by atoms with Crippen LogP contribution in [0.2, 0.25) is 5.02 Å². The van der Waals surface area contributed by atoms with Gasteiger partial charge >= 0.3 is 12.2 Å². The van der Waals surface area contributed by atoms with Crippen LogP contribution in [0.15, 0.2) is 34.5 Å². The van der Waals surface area contributed by atoms with Gasteiger partial charge < -0.3 is 9.47 Å². The highest BCUT2D eigenvalue weighted by atomic mass is 35.5. The summed E-state index contributed by atoms with van der Waals surface area (Å²) in [4.78, 5) is 21.8. The van der Waals surface area contributed by atoms with Gasteiger partial charge in [0.15, 0.2) is 0 Å². The molecule has 2 amide bonds. The van der Waals surface area contributed by atoms with Gasteiger partial charge in [0, 0.05) is 5.02 Å². The Labute approximate surface area is 102 Å². The van der Waals surface area contributed by atoms with Crippen LogP contribution in [0.3, 0.4) is 0 Å². The summed E-state index contributed by atoms with van der Waals surface area (Å²) in [5.74, 6) is 0.252. The Balaban J connectivity index is 2.49. The molecule has 0 radical (unpaired) electrons. The molecule has 7 heteroatoms. The van der Waals surface area contributed by atoms with Crippen LogP contribution < -0.4 is 4.74 Å². The van der Waals surface area contributed by atoms with Crippen molar-refractivity contribution in [1.82, 2.24) is 0 Å². The lowest BCUT2D eigenvalue weighted by atomic mass is 10.3. The van der Waals surface area contributed by atoms with Gasteiger partial charge in [-0.05, 0) is 31.2 Å². The predicted octanol–water partition coefficient (Wildman–Crippen LogP) is 3.45. The summed E-state index contributed by atoms with van der Waals surface area (Å²) in [6.07, 6.45) is -1.96. The second-order valence-electron chi connectivity index (χ2n) is 2.72. The van der Waals surface area contributed by atoms with Gasteiger partial charge in [0.1, 0.15) is 5.75 Å². The molecule has 0 aliphatic heterocycles. The molecule has 0 saturated carbocycles. The van der Waals surface area contributed by atoms with E-state index < -0.39 is 12.2 Å². The first-order valence-electron chi connectivity index (χ1n) is 4.67. The molecule has 0 bridgehead atoms. The third kappa shape index (κ3) is 5.07. The van der Waals surface area contributed by atoms with Crippen LogP contribution in [0.1, 0.15) is 6.92 Å². The van der Waals surface area contributed by atoms with Gasteiger partial charge in [-0.1, -0.05) is 21.8 Å². The van der Waals surface area contributed by atoms with Crippen molar-refractivity contribution in [2.24, 2.45) is 10.2 Å². The first-order valence-corrected chi connectivity index (χ1v) is 5.05. The van der Waals surface area contributed by atoms with Gasteiger partial charge in [0.05, 0.1) is 6.61 Å². The van der Waals surface area contributed by atoms with E-state index in [0.717, 1.165) is 0 Å². The van der Waals surface area contributed by atoms with Crippen molar-refractivity contribution in [1.29, 1.82) is 0 Å². The minimum atomic E-state index is -1.01. The van der Waals surface area contributed by atoms with Crippen molar-refractivity contribution in [2.75, 3.05) is 6.61 Å². The zero-order chi connectivity index (χ0) is 12.7. The molecule has 1 aromatic rings. The molecular formula is C10H9ClN2O4. The van der Waals surface area contributed by atoms with E-state index >= 15 is 0 Å². The maximum atomic E-state index is 11.1. The summed E-state index contributed by atoms with van der Waals surface area (Å²) in [5, 5.41) is 6.52. The van der Waals surface area contributed by atoms with Gasteiger partial charge in [0.2, 0.25) is 0 Å². The highest BCUT2D eigenvalue weighted by Gasteiger charge is 2.04. The summed E-state index contributed by atoms with van der Waals surface area (Å²) in [6.45, 7) is 1.77. The third-order valence-corrected chi connectivity index (χ3v) is 1.75. The Morgan fingerprint density at radius 1 is 1.18 bits per heavy atom. The summed E-state index contributed by atoms with van der Waals surface area (Å²) in [5.41, 5.74) is 0. The molecule has 6 nitrogen and oxygen atoms in total. The van der Waals surface area contributed by atoms with Gasteiger partial charge in [-0.15, -0.1) is 0 Å². The van der Waals surface area contributed by atoms with E-state index in [9.17, 15) is 9.59 Å². The lowest BCUT2D eigenvalue weighted by Gasteiger charge is -1.99. The number of rotatable bonds is 2. The smallest absolute Gasteiger partial charge is 0.447 e. The number of benzene rings is 1. The highest BCUT2D eigenvalue weighted by molar-refractivity contribution is 6.30. The van der Waals surface area contributed by atoms with Crippen molar-refractivity contribution in [3.05, 3.63) is 29.3 Å². The second kappa shape index (κ2) is 6.59. The minimum absolute atomic E-state index is 0.157. The number of hydrogen-bond acceptors (Lipinski definition) is 4. The number of amides is 2. The van der Waals surface area contributed by atoms with Crippen molar-refractivity contribution in [3.8, 4) is 5.75 Å². The number of hydrogen-bond donors (Lipinski definition) is 0. The highest BCUT2D eigenvalue weighted by Crippen LogP contribution is 2.15. The molecule has 0 aliphatic rings. The van der Waals surface area contributed by atoms with Crippen molar-refractivity contribution >= 4 is 23.8 Å².